The summed E-state index contributed by atoms with van der Waals surface area (Å²) >= 11 is 2.28. The molecule has 0 amide bonds. The highest BCUT2D eigenvalue weighted by Gasteiger charge is 2.09. The van der Waals surface area contributed by atoms with Crippen molar-refractivity contribution in [3.8, 4) is 0 Å². The molecule has 68 valence electrons. The van der Waals surface area contributed by atoms with Crippen LogP contribution in [-0.2, 0) is 0 Å². The van der Waals surface area contributed by atoms with E-state index >= 15 is 0 Å². The summed E-state index contributed by atoms with van der Waals surface area (Å²) < 4.78 is 6.75. The minimum Gasteiger partial charge on any atom is -0.453 e. The zero-order valence-corrected chi connectivity index (χ0v) is 9.22. The normalized spacial score (nSPS) is 11.2. The van der Waals surface area contributed by atoms with Gasteiger partial charge in [0.25, 0.3) is 0 Å². The Balaban J connectivity index is 2.65. The third-order valence-electron chi connectivity index (χ3n) is 2.11. The summed E-state index contributed by atoms with van der Waals surface area (Å²) in [5, 5.41) is 1.07. The van der Waals surface area contributed by atoms with Crippen molar-refractivity contribution in [1.82, 2.24) is 9.97 Å². The third kappa shape index (κ3) is 1.03. The quantitative estimate of drug-likeness (QED) is 0.599. The highest BCUT2D eigenvalue weighted by atomic mass is 127. The highest BCUT2D eigenvalue weighted by Crippen LogP contribution is 2.29. The van der Waals surface area contributed by atoms with E-state index in [1.165, 1.54) is 0 Å². The number of aromatic nitrogens is 2. The second kappa shape index (κ2) is 2.91. The first-order valence-corrected chi connectivity index (χ1v) is 5.21. The van der Waals surface area contributed by atoms with Crippen LogP contribution in [0.1, 0.15) is 0 Å². The molecule has 0 bridgehead atoms. The number of benzene rings is 1. The number of hydrogen-bond acceptors (Lipinski definition) is 3. The van der Waals surface area contributed by atoms with E-state index in [1.807, 2.05) is 18.2 Å². The maximum Gasteiger partial charge on any atom is 0.172 e. The molecule has 14 heavy (non-hydrogen) atoms. The Hall–Kier alpha value is -1.17. The Morgan fingerprint density at radius 1 is 1.21 bits per heavy atom. The number of hydrogen-bond donors (Lipinski definition) is 0. The zero-order valence-electron chi connectivity index (χ0n) is 7.07. The van der Waals surface area contributed by atoms with Gasteiger partial charge in [-0.1, -0.05) is 6.07 Å². The lowest BCUT2D eigenvalue weighted by atomic mass is 10.2. The molecule has 0 saturated carbocycles. The first-order valence-electron chi connectivity index (χ1n) is 4.13. The first-order chi connectivity index (χ1) is 6.86. The zero-order chi connectivity index (χ0) is 9.54. The van der Waals surface area contributed by atoms with Gasteiger partial charge in [-0.3, -0.25) is 0 Å². The molecule has 0 N–H and O–H groups in total. The van der Waals surface area contributed by atoms with Crippen LogP contribution in [0.15, 0.2) is 35.1 Å². The largest absolute Gasteiger partial charge is 0.453 e. The molecule has 0 aliphatic heterocycles. The van der Waals surface area contributed by atoms with Crippen molar-refractivity contribution in [1.29, 1.82) is 0 Å². The van der Waals surface area contributed by atoms with Crippen LogP contribution < -0.4 is 0 Å². The van der Waals surface area contributed by atoms with E-state index in [0.717, 1.165) is 25.6 Å². The van der Waals surface area contributed by atoms with E-state index in [0.29, 0.717) is 0 Å². The van der Waals surface area contributed by atoms with Gasteiger partial charge in [0.2, 0.25) is 0 Å². The molecule has 3 aromatic rings. The SMILES string of the molecule is Ic1cccc2oc3cncnc3c12. The van der Waals surface area contributed by atoms with Crippen LogP contribution in [0.3, 0.4) is 0 Å². The molecule has 0 spiro atoms. The van der Waals surface area contributed by atoms with Gasteiger partial charge < -0.3 is 4.42 Å². The van der Waals surface area contributed by atoms with Gasteiger partial charge in [0.05, 0.1) is 11.6 Å². The lowest BCUT2D eigenvalue weighted by Crippen LogP contribution is -1.77. The Morgan fingerprint density at radius 3 is 3.07 bits per heavy atom. The standard InChI is InChI=1S/C10H5IN2O/c11-6-2-1-3-7-9(6)10-8(14-7)4-12-5-13-10/h1-5H. The number of furan rings is 1. The molecule has 0 unspecified atom stereocenters. The van der Waals surface area contributed by atoms with Crippen molar-refractivity contribution in [3.63, 3.8) is 0 Å². The van der Waals surface area contributed by atoms with Crippen LogP contribution in [0.5, 0.6) is 0 Å². The molecular weight excluding hydrogens is 291 g/mol. The van der Waals surface area contributed by atoms with E-state index in [1.54, 1.807) is 12.5 Å². The number of halogens is 1. The monoisotopic (exact) mass is 296 g/mol. The molecule has 2 heterocycles. The van der Waals surface area contributed by atoms with Gasteiger partial charge >= 0.3 is 0 Å². The molecule has 3 nitrogen and oxygen atoms in total. The van der Waals surface area contributed by atoms with E-state index in [4.69, 9.17) is 4.42 Å². The minimum absolute atomic E-state index is 0.742. The molecule has 0 atom stereocenters. The van der Waals surface area contributed by atoms with Crippen molar-refractivity contribution in [2.45, 2.75) is 0 Å². The number of nitrogens with zero attached hydrogens (tertiary/aromatic N) is 2. The Bertz CT molecular complexity index is 618. The fourth-order valence-corrected chi connectivity index (χ4v) is 2.25. The average molecular weight is 296 g/mol. The third-order valence-corrected chi connectivity index (χ3v) is 3.01. The van der Waals surface area contributed by atoms with Crippen molar-refractivity contribution >= 4 is 44.7 Å². The topological polar surface area (TPSA) is 38.9 Å². The van der Waals surface area contributed by atoms with Crippen LogP contribution in [0.2, 0.25) is 0 Å². The molecule has 2 aromatic heterocycles. The number of fused-ring (bicyclic) bond motifs is 3. The molecule has 3 rings (SSSR count). The Morgan fingerprint density at radius 2 is 2.14 bits per heavy atom. The molecule has 0 aliphatic carbocycles. The maximum absolute atomic E-state index is 5.60. The molecule has 4 heteroatoms. The van der Waals surface area contributed by atoms with Crippen LogP contribution in [0.25, 0.3) is 22.1 Å². The maximum atomic E-state index is 5.60. The molecule has 0 saturated heterocycles. The summed E-state index contributed by atoms with van der Waals surface area (Å²) in [4.78, 5) is 8.15. The molecule has 0 aliphatic rings. The predicted molar refractivity (Wildman–Crippen MR) is 62.0 cm³/mol. The Labute approximate surface area is 93.3 Å². The van der Waals surface area contributed by atoms with Crippen molar-refractivity contribution in [3.05, 3.63) is 34.3 Å². The summed E-state index contributed by atoms with van der Waals surface area (Å²) in [6.07, 6.45) is 3.23. The van der Waals surface area contributed by atoms with Crippen LogP contribution in [0, 0.1) is 3.57 Å². The van der Waals surface area contributed by atoms with Crippen LogP contribution >= 0.6 is 22.6 Å². The number of rotatable bonds is 0. The van der Waals surface area contributed by atoms with Gasteiger partial charge in [-0.15, -0.1) is 0 Å². The second-order valence-electron chi connectivity index (χ2n) is 2.95. The van der Waals surface area contributed by atoms with Gasteiger partial charge in [-0.05, 0) is 34.7 Å². The van der Waals surface area contributed by atoms with Gasteiger partial charge in [-0.25, -0.2) is 9.97 Å². The van der Waals surface area contributed by atoms with Gasteiger partial charge in [0, 0.05) is 3.57 Å². The Kier molecular flexibility index (Phi) is 1.70. The van der Waals surface area contributed by atoms with Crippen molar-refractivity contribution < 1.29 is 4.42 Å². The van der Waals surface area contributed by atoms with E-state index in [2.05, 4.69) is 32.6 Å². The molecule has 0 radical (unpaired) electrons. The fraction of sp³-hybridized carbons (Fsp3) is 0. The summed E-state index contributed by atoms with van der Waals surface area (Å²) in [5.41, 5.74) is 2.50. The summed E-state index contributed by atoms with van der Waals surface area (Å²) in [5.74, 6) is 0. The molecule has 1 aromatic carbocycles. The van der Waals surface area contributed by atoms with Gasteiger partial charge in [-0.2, -0.15) is 0 Å². The summed E-state index contributed by atoms with van der Waals surface area (Å²) in [7, 11) is 0. The van der Waals surface area contributed by atoms with E-state index < -0.39 is 0 Å². The lowest BCUT2D eigenvalue weighted by molar-refractivity contribution is 0.665. The predicted octanol–water partition coefficient (Wildman–Crippen LogP) is 2.98. The lowest BCUT2D eigenvalue weighted by Gasteiger charge is -1.90. The average Bonchev–Trinajstić information content (AvgIpc) is 2.57. The highest BCUT2D eigenvalue weighted by molar-refractivity contribution is 14.1. The second-order valence-corrected chi connectivity index (χ2v) is 4.11. The minimum atomic E-state index is 0.742. The smallest absolute Gasteiger partial charge is 0.172 e. The van der Waals surface area contributed by atoms with E-state index in [9.17, 15) is 0 Å². The van der Waals surface area contributed by atoms with E-state index in [-0.39, 0.29) is 0 Å². The van der Waals surface area contributed by atoms with Gasteiger partial charge in [0.1, 0.15) is 17.4 Å². The van der Waals surface area contributed by atoms with Crippen molar-refractivity contribution in [2.75, 3.05) is 0 Å². The summed E-state index contributed by atoms with van der Waals surface area (Å²) in [6, 6.07) is 5.96. The molecule has 0 fully saturated rings. The first kappa shape index (κ1) is 8.16. The van der Waals surface area contributed by atoms with Crippen LogP contribution in [-0.4, -0.2) is 9.97 Å². The van der Waals surface area contributed by atoms with Crippen LogP contribution in [0.4, 0.5) is 0 Å². The van der Waals surface area contributed by atoms with Crippen molar-refractivity contribution in [2.24, 2.45) is 0 Å². The fourth-order valence-electron chi connectivity index (χ4n) is 1.52. The van der Waals surface area contributed by atoms with Gasteiger partial charge in [0.15, 0.2) is 5.58 Å². The summed E-state index contributed by atoms with van der Waals surface area (Å²) in [6.45, 7) is 0. The molecular formula is C10H5IN2O.